The van der Waals surface area contributed by atoms with E-state index < -0.39 is 0 Å². The molecule has 32 heavy (non-hydrogen) atoms. The van der Waals surface area contributed by atoms with Crippen LogP contribution in [0.15, 0.2) is 34.4 Å². The van der Waals surface area contributed by atoms with E-state index in [4.69, 9.17) is 14.5 Å². The van der Waals surface area contributed by atoms with E-state index >= 15 is 0 Å². The molecule has 5 rings (SSSR count). The van der Waals surface area contributed by atoms with E-state index in [1.165, 1.54) is 17.8 Å². The van der Waals surface area contributed by atoms with Gasteiger partial charge in [0.15, 0.2) is 0 Å². The molecular formula is C24H26N4O3S. The van der Waals surface area contributed by atoms with Gasteiger partial charge in [0, 0.05) is 25.3 Å². The van der Waals surface area contributed by atoms with Crippen molar-refractivity contribution < 1.29 is 9.47 Å². The number of aromatic nitrogens is 2. The van der Waals surface area contributed by atoms with Crippen LogP contribution >= 0.6 is 11.3 Å². The average Bonchev–Trinajstić information content (AvgIpc) is 3.50. The molecule has 2 aromatic heterocycles. The highest BCUT2D eigenvalue weighted by atomic mass is 32.1. The fraction of sp³-hybridized carbons (Fsp3) is 0.458. The zero-order valence-corrected chi connectivity index (χ0v) is 18.8. The molecule has 0 saturated carbocycles. The van der Waals surface area contributed by atoms with Crippen molar-refractivity contribution >= 4 is 27.5 Å². The van der Waals surface area contributed by atoms with E-state index in [1.54, 1.807) is 10.6 Å². The molecule has 0 N–H and O–H groups in total. The Balaban J connectivity index is 1.56. The number of fused-ring (bicyclic) bond motifs is 1. The number of rotatable bonds is 6. The molecule has 1 aromatic carbocycles. The van der Waals surface area contributed by atoms with Crippen LogP contribution in [-0.2, 0) is 22.6 Å². The van der Waals surface area contributed by atoms with Gasteiger partial charge in [0.25, 0.3) is 5.56 Å². The molecule has 7 nitrogen and oxygen atoms in total. The molecule has 166 valence electrons. The number of thiophene rings is 1. The van der Waals surface area contributed by atoms with Crippen LogP contribution in [0.3, 0.4) is 0 Å². The molecule has 0 spiro atoms. The minimum absolute atomic E-state index is 0.0521. The van der Waals surface area contributed by atoms with E-state index in [-0.39, 0.29) is 11.7 Å². The Morgan fingerprint density at radius 3 is 2.84 bits per heavy atom. The topological polar surface area (TPSA) is 80.4 Å². The van der Waals surface area contributed by atoms with Crippen LogP contribution in [0.1, 0.15) is 42.4 Å². The van der Waals surface area contributed by atoms with E-state index in [1.807, 2.05) is 23.6 Å². The van der Waals surface area contributed by atoms with Crippen molar-refractivity contribution in [1.82, 2.24) is 9.55 Å². The Labute approximate surface area is 190 Å². The van der Waals surface area contributed by atoms with Crippen LogP contribution < -0.4 is 10.5 Å². The molecule has 1 atom stereocenters. The summed E-state index contributed by atoms with van der Waals surface area (Å²) in [7, 11) is 0. The summed E-state index contributed by atoms with van der Waals surface area (Å²) in [4.78, 5) is 20.9. The SMILES string of the molecule is N#Cc1ccccc1Cn1c(N2CCCCC2)nc2c(CO[C@H]3CCOC3)csc2c1=O. The van der Waals surface area contributed by atoms with Crippen LogP contribution in [-0.4, -0.2) is 42.0 Å². The molecule has 2 fully saturated rings. The zero-order chi connectivity index (χ0) is 21.9. The fourth-order valence-corrected chi connectivity index (χ4v) is 5.34. The Morgan fingerprint density at radius 2 is 2.06 bits per heavy atom. The Bertz CT molecular complexity index is 1200. The predicted octanol–water partition coefficient (Wildman–Crippen LogP) is 3.67. The lowest BCUT2D eigenvalue weighted by Crippen LogP contribution is -2.36. The molecule has 2 aliphatic rings. The number of benzene rings is 1. The van der Waals surface area contributed by atoms with Gasteiger partial charge in [-0.3, -0.25) is 9.36 Å². The normalized spacial score (nSPS) is 18.8. The smallest absolute Gasteiger partial charge is 0.273 e. The van der Waals surface area contributed by atoms with Crippen molar-refractivity contribution in [1.29, 1.82) is 5.26 Å². The number of ether oxygens (including phenoxy) is 2. The van der Waals surface area contributed by atoms with Crippen LogP contribution in [0.25, 0.3) is 10.2 Å². The molecular weight excluding hydrogens is 424 g/mol. The van der Waals surface area contributed by atoms with Crippen LogP contribution in [0.2, 0.25) is 0 Å². The molecule has 0 amide bonds. The molecule has 8 heteroatoms. The Morgan fingerprint density at radius 1 is 1.22 bits per heavy atom. The highest BCUT2D eigenvalue weighted by Gasteiger charge is 2.23. The second-order valence-electron chi connectivity index (χ2n) is 8.36. The molecule has 2 saturated heterocycles. The highest BCUT2D eigenvalue weighted by molar-refractivity contribution is 7.17. The van der Waals surface area contributed by atoms with E-state index in [0.29, 0.717) is 36.0 Å². The van der Waals surface area contributed by atoms with Gasteiger partial charge in [-0.05, 0) is 42.7 Å². The van der Waals surface area contributed by atoms with Crippen LogP contribution in [0, 0.1) is 11.3 Å². The van der Waals surface area contributed by atoms with Crippen molar-refractivity contribution in [3.8, 4) is 6.07 Å². The van der Waals surface area contributed by atoms with Gasteiger partial charge in [0.05, 0.1) is 43.0 Å². The average molecular weight is 451 g/mol. The van der Waals surface area contributed by atoms with Gasteiger partial charge in [-0.2, -0.15) is 5.26 Å². The van der Waals surface area contributed by atoms with Gasteiger partial charge in [-0.25, -0.2) is 4.98 Å². The second-order valence-corrected chi connectivity index (χ2v) is 9.23. The number of nitrogens with zero attached hydrogens (tertiary/aromatic N) is 4. The van der Waals surface area contributed by atoms with Crippen molar-refractivity contribution in [3.63, 3.8) is 0 Å². The maximum atomic E-state index is 13.6. The summed E-state index contributed by atoms with van der Waals surface area (Å²) < 4.78 is 13.8. The van der Waals surface area contributed by atoms with Crippen LogP contribution in [0.5, 0.6) is 0 Å². The first-order valence-corrected chi connectivity index (χ1v) is 12.1. The summed E-state index contributed by atoms with van der Waals surface area (Å²) in [5.41, 5.74) is 3.06. The number of hydrogen-bond donors (Lipinski definition) is 0. The second kappa shape index (κ2) is 9.41. The summed E-state index contributed by atoms with van der Waals surface area (Å²) in [5.74, 6) is 0.693. The highest BCUT2D eigenvalue weighted by Crippen LogP contribution is 2.27. The van der Waals surface area contributed by atoms with E-state index in [0.717, 1.165) is 55.6 Å². The molecule has 0 bridgehead atoms. The largest absolute Gasteiger partial charge is 0.379 e. The standard InChI is InChI=1S/C24H26N4O3S/c25-12-17-6-2-3-7-18(17)13-28-23(29)22-21(26-24(28)27-9-4-1-5-10-27)19(16-32-22)14-31-20-8-11-30-15-20/h2-3,6-7,16,20H,1,4-5,8-11,13-15H2/t20-/m0/s1. The number of nitriles is 1. The summed E-state index contributed by atoms with van der Waals surface area (Å²) in [6.07, 6.45) is 4.38. The lowest BCUT2D eigenvalue weighted by Gasteiger charge is -2.30. The third kappa shape index (κ3) is 4.16. The third-order valence-electron chi connectivity index (χ3n) is 6.20. The first kappa shape index (κ1) is 21.1. The Kier molecular flexibility index (Phi) is 6.21. The van der Waals surface area contributed by atoms with Crippen molar-refractivity contribution in [2.75, 3.05) is 31.2 Å². The van der Waals surface area contributed by atoms with Crippen molar-refractivity contribution in [2.24, 2.45) is 0 Å². The monoisotopic (exact) mass is 450 g/mol. The van der Waals surface area contributed by atoms with Gasteiger partial charge in [-0.1, -0.05) is 18.2 Å². The van der Waals surface area contributed by atoms with Gasteiger partial charge >= 0.3 is 0 Å². The first-order chi connectivity index (χ1) is 15.7. The molecule has 3 aromatic rings. The maximum Gasteiger partial charge on any atom is 0.273 e. The summed E-state index contributed by atoms with van der Waals surface area (Å²) in [5, 5.41) is 11.5. The van der Waals surface area contributed by atoms with E-state index in [2.05, 4.69) is 11.0 Å². The minimum Gasteiger partial charge on any atom is -0.379 e. The van der Waals surface area contributed by atoms with Gasteiger partial charge < -0.3 is 14.4 Å². The predicted molar refractivity (Wildman–Crippen MR) is 124 cm³/mol. The van der Waals surface area contributed by atoms with Gasteiger partial charge in [0.1, 0.15) is 4.70 Å². The maximum absolute atomic E-state index is 13.6. The number of hydrogen-bond acceptors (Lipinski definition) is 7. The third-order valence-corrected chi connectivity index (χ3v) is 7.20. The molecule has 2 aliphatic heterocycles. The van der Waals surface area contributed by atoms with Crippen LogP contribution in [0.4, 0.5) is 5.95 Å². The van der Waals surface area contributed by atoms with Crippen molar-refractivity contribution in [3.05, 3.63) is 56.7 Å². The minimum atomic E-state index is -0.0521. The lowest BCUT2D eigenvalue weighted by atomic mass is 10.1. The zero-order valence-electron chi connectivity index (χ0n) is 18.0. The molecule has 0 radical (unpaired) electrons. The van der Waals surface area contributed by atoms with E-state index in [9.17, 15) is 10.1 Å². The molecule has 4 heterocycles. The number of anilines is 1. The molecule has 0 unspecified atom stereocenters. The fourth-order valence-electron chi connectivity index (χ4n) is 4.41. The lowest BCUT2D eigenvalue weighted by molar-refractivity contribution is 0.0323. The van der Waals surface area contributed by atoms with Gasteiger partial charge in [0.2, 0.25) is 5.95 Å². The van der Waals surface area contributed by atoms with Crippen molar-refractivity contribution in [2.45, 2.75) is 44.9 Å². The molecule has 0 aliphatic carbocycles. The van der Waals surface area contributed by atoms with Gasteiger partial charge in [-0.15, -0.1) is 11.3 Å². The first-order valence-electron chi connectivity index (χ1n) is 11.2. The Hall–Kier alpha value is -2.73. The summed E-state index contributed by atoms with van der Waals surface area (Å²) >= 11 is 1.42. The summed E-state index contributed by atoms with van der Waals surface area (Å²) in [6, 6.07) is 9.70. The quantitative estimate of drug-likeness (QED) is 0.570. The summed E-state index contributed by atoms with van der Waals surface area (Å²) in [6.45, 7) is 3.89. The number of piperidine rings is 1.